The standard InChI is InChI=1S/C8H12N4O2/c1-3-10-5-4-11-6(7(9)13)8(12-5)14-2/h4H,3H2,1-2H3,(H2,9,13)(H,10,12). The highest BCUT2D eigenvalue weighted by Gasteiger charge is 2.12. The van der Waals surface area contributed by atoms with Gasteiger partial charge in [-0.25, -0.2) is 4.98 Å². The number of ether oxygens (including phenoxy) is 1. The lowest BCUT2D eigenvalue weighted by Crippen LogP contribution is -2.16. The van der Waals surface area contributed by atoms with Crippen molar-refractivity contribution in [1.29, 1.82) is 0 Å². The van der Waals surface area contributed by atoms with Crippen LogP contribution in [-0.4, -0.2) is 29.5 Å². The van der Waals surface area contributed by atoms with Crippen molar-refractivity contribution in [2.75, 3.05) is 19.0 Å². The maximum Gasteiger partial charge on any atom is 0.272 e. The number of carbonyl (C=O) groups is 1. The average Bonchev–Trinajstić information content (AvgIpc) is 2.17. The molecule has 1 rings (SSSR count). The Morgan fingerprint density at radius 3 is 2.93 bits per heavy atom. The van der Waals surface area contributed by atoms with Crippen LogP contribution >= 0.6 is 0 Å². The lowest BCUT2D eigenvalue weighted by atomic mass is 10.4. The lowest BCUT2D eigenvalue weighted by molar-refractivity contribution is 0.0991. The summed E-state index contributed by atoms with van der Waals surface area (Å²) in [6, 6.07) is 0. The quantitative estimate of drug-likeness (QED) is 0.708. The van der Waals surface area contributed by atoms with Gasteiger partial charge in [0.1, 0.15) is 5.82 Å². The molecule has 0 radical (unpaired) electrons. The first kappa shape index (κ1) is 10.2. The number of hydrogen-bond acceptors (Lipinski definition) is 5. The zero-order chi connectivity index (χ0) is 10.6. The fourth-order valence-electron chi connectivity index (χ4n) is 0.950. The molecule has 0 bridgehead atoms. The van der Waals surface area contributed by atoms with Gasteiger partial charge in [-0.05, 0) is 6.92 Å². The normalized spacial score (nSPS) is 9.57. The zero-order valence-electron chi connectivity index (χ0n) is 8.07. The minimum Gasteiger partial charge on any atom is -0.479 e. The van der Waals surface area contributed by atoms with Crippen LogP contribution in [0.4, 0.5) is 5.82 Å². The molecule has 0 aliphatic carbocycles. The van der Waals surface area contributed by atoms with Crippen LogP contribution in [-0.2, 0) is 0 Å². The predicted octanol–water partition coefficient (Wildman–Crippen LogP) is 0.0159. The third-order valence-corrected chi connectivity index (χ3v) is 1.53. The van der Waals surface area contributed by atoms with Crippen LogP contribution in [0.5, 0.6) is 5.88 Å². The molecular formula is C8H12N4O2. The second-order valence-electron chi connectivity index (χ2n) is 2.51. The Morgan fingerprint density at radius 1 is 1.71 bits per heavy atom. The topological polar surface area (TPSA) is 90.1 Å². The smallest absolute Gasteiger partial charge is 0.272 e. The molecule has 0 saturated carbocycles. The Balaban J connectivity index is 3.05. The summed E-state index contributed by atoms with van der Waals surface area (Å²) < 4.78 is 4.88. The van der Waals surface area contributed by atoms with Gasteiger partial charge >= 0.3 is 0 Å². The van der Waals surface area contributed by atoms with Crippen LogP contribution < -0.4 is 15.8 Å². The van der Waals surface area contributed by atoms with E-state index in [1.165, 1.54) is 13.3 Å². The number of hydrogen-bond donors (Lipinski definition) is 2. The van der Waals surface area contributed by atoms with Crippen LogP contribution in [0, 0.1) is 0 Å². The van der Waals surface area contributed by atoms with E-state index in [0.29, 0.717) is 12.4 Å². The van der Waals surface area contributed by atoms with Gasteiger partial charge in [0.05, 0.1) is 13.3 Å². The SMILES string of the molecule is CCNc1cnc(C(N)=O)c(OC)n1. The first-order valence-electron chi connectivity index (χ1n) is 4.13. The fraction of sp³-hybridized carbons (Fsp3) is 0.375. The minimum absolute atomic E-state index is 0.0363. The molecule has 76 valence electrons. The van der Waals surface area contributed by atoms with E-state index in [2.05, 4.69) is 15.3 Å². The monoisotopic (exact) mass is 196 g/mol. The van der Waals surface area contributed by atoms with Gasteiger partial charge in [-0.1, -0.05) is 0 Å². The van der Waals surface area contributed by atoms with Gasteiger partial charge in [0.25, 0.3) is 5.91 Å². The highest BCUT2D eigenvalue weighted by atomic mass is 16.5. The van der Waals surface area contributed by atoms with Gasteiger partial charge in [0.2, 0.25) is 5.88 Å². The molecule has 0 saturated heterocycles. The summed E-state index contributed by atoms with van der Waals surface area (Å²) in [6.45, 7) is 2.64. The summed E-state index contributed by atoms with van der Waals surface area (Å²) in [6.07, 6.45) is 1.44. The molecule has 6 nitrogen and oxygen atoms in total. The molecule has 14 heavy (non-hydrogen) atoms. The summed E-state index contributed by atoms with van der Waals surface area (Å²) in [5, 5.41) is 2.94. The van der Waals surface area contributed by atoms with E-state index >= 15 is 0 Å². The number of nitrogens with zero attached hydrogens (tertiary/aromatic N) is 2. The van der Waals surface area contributed by atoms with Crippen LogP contribution in [0.1, 0.15) is 17.4 Å². The van der Waals surface area contributed by atoms with Crippen molar-refractivity contribution in [1.82, 2.24) is 9.97 Å². The van der Waals surface area contributed by atoms with Gasteiger partial charge in [0.15, 0.2) is 5.69 Å². The molecule has 0 aliphatic heterocycles. The highest BCUT2D eigenvalue weighted by molar-refractivity contribution is 5.93. The van der Waals surface area contributed by atoms with Crippen molar-refractivity contribution in [3.05, 3.63) is 11.9 Å². The third-order valence-electron chi connectivity index (χ3n) is 1.53. The van der Waals surface area contributed by atoms with Gasteiger partial charge in [-0.3, -0.25) is 4.79 Å². The molecule has 1 aromatic rings. The predicted molar refractivity (Wildman–Crippen MR) is 51.3 cm³/mol. The second kappa shape index (κ2) is 4.40. The van der Waals surface area contributed by atoms with E-state index in [-0.39, 0.29) is 11.6 Å². The molecule has 0 atom stereocenters. The van der Waals surface area contributed by atoms with E-state index in [4.69, 9.17) is 10.5 Å². The number of nitrogens with two attached hydrogens (primary N) is 1. The van der Waals surface area contributed by atoms with Gasteiger partial charge in [-0.15, -0.1) is 0 Å². The summed E-state index contributed by atoms with van der Waals surface area (Å²) in [7, 11) is 1.41. The molecule has 1 aromatic heterocycles. The van der Waals surface area contributed by atoms with Crippen molar-refractivity contribution < 1.29 is 9.53 Å². The maximum absolute atomic E-state index is 10.9. The van der Waals surface area contributed by atoms with E-state index in [1.54, 1.807) is 0 Å². The van der Waals surface area contributed by atoms with Crippen molar-refractivity contribution in [3.63, 3.8) is 0 Å². The Labute approximate surface area is 81.5 Å². The maximum atomic E-state index is 10.9. The van der Waals surface area contributed by atoms with Crippen molar-refractivity contribution in [2.24, 2.45) is 5.73 Å². The van der Waals surface area contributed by atoms with E-state index in [0.717, 1.165) is 0 Å². The van der Waals surface area contributed by atoms with Gasteiger partial charge < -0.3 is 15.8 Å². The van der Waals surface area contributed by atoms with E-state index < -0.39 is 5.91 Å². The molecule has 1 amide bonds. The molecule has 1 heterocycles. The van der Waals surface area contributed by atoms with Crippen molar-refractivity contribution in [3.8, 4) is 5.88 Å². The molecule has 0 unspecified atom stereocenters. The Morgan fingerprint density at radius 2 is 2.43 bits per heavy atom. The molecule has 0 fully saturated rings. The Hall–Kier alpha value is -1.85. The number of carbonyl (C=O) groups excluding carboxylic acids is 1. The Bertz CT molecular complexity index is 340. The number of methoxy groups -OCH3 is 1. The number of rotatable bonds is 4. The molecule has 6 heteroatoms. The number of anilines is 1. The third kappa shape index (κ3) is 2.09. The van der Waals surface area contributed by atoms with Crippen molar-refractivity contribution >= 4 is 11.7 Å². The second-order valence-corrected chi connectivity index (χ2v) is 2.51. The first-order valence-corrected chi connectivity index (χ1v) is 4.13. The van der Waals surface area contributed by atoms with Gasteiger partial charge in [0, 0.05) is 6.54 Å². The summed E-state index contributed by atoms with van der Waals surface area (Å²) in [5.74, 6) is 0.0303. The average molecular weight is 196 g/mol. The van der Waals surface area contributed by atoms with Crippen LogP contribution in [0.3, 0.4) is 0 Å². The Kier molecular flexibility index (Phi) is 3.22. The molecule has 3 N–H and O–H groups in total. The summed E-state index contributed by atoms with van der Waals surface area (Å²) in [4.78, 5) is 18.7. The molecule has 0 aromatic carbocycles. The summed E-state index contributed by atoms with van der Waals surface area (Å²) >= 11 is 0. The zero-order valence-corrected chi connectivity index (χ0v) is 8.07. The lowest BCUT2D eigenvalue weighted by Gasteiger charge is -2.06. The molecule has 0 spiro atoms. The van der Waals surface area contributed by atoms with Crippen LogP contribution in [0.15, 0.2) is 6.20 Å². The highest BCUT2D eigenvalue weighted by Crippen LogP contribution is 2.14. The van der Waals surface area contributed by atoms with Crippen LogP contribution in [0.25, 0.3) is 0 Å². The van der Waals surface area contributed by atoms with E-state index in [9.17, 15) is 4.79 Å². The van der Waals surface area contributed by atoms with Crippen LogP contribution in [0.2, 0.25) is 0 Å². The molecule has 0 aliphatic rings. The van der Waals surface area contributed by atoms with Gasteiger partial charge in [-0.2, -0.15) is 4.98 Å². The number of amides is 1. The van der Waals surface area contributed by atoms with Crippen molar-refractivity contribution in [2.45, 2.75) is 6.92 Å². The number of aromatic nitrogens is 2. The van der Waals surface area contributed by atoms with E-state index in [1.807, 2.05) is 6.92 Å². The summed E-state index contributed by atoms with van der Waals surface area (Å²) in [5.41, 5.74) is 5.11. The fourth-order valence-corrected chi connectivity index (χ4v) is 0.950. The molecular weight excluding hydrogens is 184 g/mol. The minimum atomic E-state index is -0.655. The first-order chi connectivity index (χ1) is 6.69. The largest absolute Gasteiger partial charge is 0.479 e. The number of nitrogens with one attached hydrogen (secondary N) is 1. The number of primary amides is 1.